The third-order valence-electron chi connectivity index (χ3n) is 5.18. The summed E-state index contributed by atoms with van der Waals surface area (Å²) in [5.74, 6) is 0.383. The minimum Gasteiger partial charge on any atom is -0.367 e. The summed E-state index contributed by atoms with van der Waals surface area (Å²) in [6, 6.07) is 8.19. The molecule has 2 heterocycles. The lowest BCUT2D eigenvalue weighted by Gasteiger charge is -2.18. The Hall–Kier alpha value is -2.88. The van der Waals surface area contributed by atoms with Crippen LogP contribution in [0, 0.1) is 11.2 Å². The van der Waals surface area contributed by atoms with Crippen LogP contribution >= 0.6 is 22.9 Å². The average molecular weight is 472 g/mol. The van der Waals surface area contributed by atoms with E-state index in [1.165, 1.54) is 29.8 Å². The van der Waals surface area contributed by atoms with Gasteiger partial charge < -0.3 is 15.5 Å². The molecule has 0 aliphatic carbocycles. The number of likely N-dealkylation sites (N-methyl/N-ethyl adjacent to an activating group) is 1. The number of nitrogens with one attached hydrogen (secondary N) is 3. The highest BCUT2D eigenvalue weighted by atomic mass is 35.5. The van der Waals surface area contributed by atoms with E-state index in [0.717, 1.165) is 40.8 Å². The van der Waals surface area contributed by atoms with Gasteiger partial charge >= 0.3 is 0 Å². The Morgan fingerprint density at radius 1 is 1.16 bits per heavy atom. The van der Waals surface area contributed by atoms with Gasteiger partial charge in [-0.05, 0) is 43.4 Å². The van der Waals surface area contributed by atoms with Crippen LogP contribution < -0.4 is 10.6 Å². The summed E-state index contributed by atoms with van der Waals surface area (Å²) in [5, 5.41) is 16.2. The number of hydrogen-bond donors (Lipinski definition) is 3. The van der Waals surface area contributed by atoms with Crippen molar-refractivity contribution in [3.8, 4) is 0 Å². The van der Waals surface area contributed by atoms with E-state index in [4.69, 9.17) is 17.0 Å². The van der Waals surface area contributed by atoms with E-state index in [-0.39, 0.29) is 5.02 Å². The van der Waals surface area contributed by atoms with Crippen molar-refractivity contribution in [3.63, 3.8) is 0 Å². The maximum Gasteiger partial charge on any atom is 0.159 e. The van der Waals surface area contributed by atoms with Crippen LogP contribution in [0.15, 0.2) is 36.7 Å². The van der Waals surface area contributed by atoms with Crippen molar-refractivity contribution in [2.24, 2.45) is 0 Å². The van der Waals surface area contributed by atoms with E-state index in [1.54, 1.807) is 6.07 Å². The monoisotopic (exact) mass is 471 g/mol. The minimum atomic E-state index is -0.480. The molecule has 0 atom stereocenters. The fourth-order valence-corrected chi connectivity index (χ4v) is 4.61. The highest BCUT2D eigenvalue weighted by Gasteiger charge is 2.15. The molecule has 0 radical (unpaired) electrons. The maximum absolute atomic E-state index is 13.5. The zero-order valence-electron chi connectivity index (χ0n) is 17.7. The lowest BCUT2D eigenvalue weighted by atomic mass is 10.2. The summed E-state index contributed by atoms with van der Waals surface area (Å²) in [6.45, 7) is 7.76. The van der Waals surface area contributed by atoms with Crippen molar-refractivity contribution in [1.29, 1.82) is 5.41 Å². The van der Waals surface area contributed by atoms with Gasteiger partial charge in [0.25, 0.3) is 0 Å². The summed E-state index contributed by atoms with van der Waals surface area (Å²) in [6.07, 6.45) is 1.47. The van der Waals surface area contributed by atoms with Crippen molar-refractivity contribution in [2.45, 2.75) is 13.8 Å². The highest BCUT2D eigenvalue weighted by Crippen LogP contribution is 2.34. The van der Waals surface area contributed by atoms with E-state index in [9.17, 15) is 4.39 Å². The Morgan fingerprint density at radius 3 is 2.69 bits per heavy atom. The number of benzene rings is 2. The number of anilines is 2. The molecule has 2 aromatic carbocycles. The SMILES string of the molecule is CCN(CC)CCNC(=N)c1nc2ccc3ncnc(Nc4ccc(F)c(Cl)c4)c3c2s1. The molecule has 166 valence electrons. The van der Waals surface area contributed by atoms with Crippen molar-refractivity contribution in [2.75, 3.05) is 31.5 Å². The van der Waals surface area contributed by atoms with Crippen molar-refractivity contribution in [1.82, 2.24) is 25.2 Å². The third-order valence-corrected chi connectivity index (χ3v) is 6.57. The number of fused-ring (bicyclic) bond motifs is 3. The van der Waals surface area contributed by atoms with Gasteiger partial charge in [-0.1, -0.05) is 25.4 Å². The molecule has 0 unspecified atom stereocenters. The maximum atomic E-state index is 13.5. The molecule has 2 aromatic heterocycles. The van der Waals surface area contributed by atoms with Crippen molar-refractivity contribution in [3.05, 3.63) is 52.5 Å². The number of hydrogen-bond acceptors (Lipinski definition) is 7. The molecule has 4 rings (SSSR count). The summed E-state index contributed by atoms with van der Waals surface area (Å²) in [7, 11) is 0. The number of halogens is 2. The molecule has 0 spiro atoms. The Labute approximate surface area is 194 Å². The van der Waals surface area contributed by atoms with E-state index in [2.05, 4.69) is 44.3 Å². The summed E-state index contributed by atoms with van der Waals surface area (Å²) in [5.41, 5.74) is 2.13. The Bertz CT molecular complexity index is 1270. The first-order valence-corrected chi connectivity index (χ1v) is 11.5. The fraction of sp³-hybridized carbons (Fsp3) is 0.273. The smallest absolute Gasteiger partial charge is 0.159 e. The summed E-state index contributed by atoms with van der Waals surface area (Å²) in [4.78, 5) is 15.7. The molecule has 32 heavy (non-hydrogen) atoms. The van der Waals surface area contributed by atoms with Gasteiger partial charge in [-0.25, -0.2) is 19.3 Å². The molecule has 0 amide bonds. The Morgan fingerprint density at radius 2 is 1.94 bits per heavy atom. The lowest BCUT2D eigenvalue weighted by molar-refractivity contribution is 0.308. The number of thiazole rings is 1. The Kier molecular flexibility index (Phi) is 6.78. The van der Waals surface area contributed by atoms with E-state index in [1.807, 2.05) is 12.1 Å². The second-order valence-electron chi connectivity index (χ2n) is 7.13. The highest BCUT2D eigenvalue weighted by molar-refractivity contribution is 7.21. The van der Waals surface area contributed by atoms with Gasteiger partial charge in [-0.2, -0.15) is 0 Å². The van der Waals surface area contributed by atoms with Gasteiger partial charge in [0.1, 0.15) is 18.0 Å². The molecular weight excluding hydrogens is 449 g/mol. The van der Waals surface area contributed by atoms with Crippen LogP contribution in [0.5, 0.6) is 0 Å². The van der Waals surface area contributed by atoms with Gasteiger partial charge in [0, 0.05) is 18.8 Å². The van der Waals surface area contributed by atoms with Crippen molar-refractivity contribution >= 4 is 61.4 Å². The number of rotatable bonds is 8. The lowest BCUT2D eigenvalue weighted by Crippen LogP contribution is -2.34. The minimum absolute atomic E-state index is 0.0304. The van der Waals surface area contributed by atoms with Crippen LogP contribution in [0.2, 0.25) is 5.02 Å². The normalized spacial score (nSPS) is 11.4. The molecule has 0 saturated carbocycles. The van der Waals surface area contributed by atoms with Crippen LogP contribution in [0.25, 0.3) is 21.1 Å². The molecule has 4 aromatic rings. The largest absolute Gasteiger partial charge is 0.367 e. The molecule has 0 aliphatic heterocycles. The van der Waals surface area contributed by atoms with E-state index < -0.39 is 5.82 Å². The molecule has 3 N–H and O–H groups in total. The van der Waals surface area contributed by atoms with Crippen LogP contribution in [-0.4, -0.2) is 51.9 Å². The van der Waals surface area contributed by atoms with Gasteiger partial charge in [-0.15, -0.1) is 11.3 Å². The van der Waals surface area contributed by atoms with Gasteiger partial charge in [0.2, 0.25) is 0 Å². The number of aromatic nitrogens is 3. The second-order valence-corrected chi connectivity index (χ2v) is 8.54. The Balaban J connectivity index is 1.64. The van der Waals surface area contributed by atoms with Gasteiger partial charge in [0.05, 0.1) is 26.1 Å². The standard InChI is InChI=1S/C22H23ClFN7S/c1-3-31(4-2)10-9-26-20(25)22-30-17-8-7-16-18(19(17)32-22)21(28-12-27-16)29-13-5-6-15(24)14(23)11-13/h5-8,11-12H,3-4,9-10H2,1-2H3,(H2,25,26)(H,27,28,29). The van der Waals surface area contributed by atoms with Crippen molar-refractivity contribution < 1.29 is 4.39 Å². The quantitative estimate of drug-likeness (QED) is 0.246. The molecule has 0 fully saturated rings. The van der Waals surface area contributed by atoms with Gasteiger partial charge in [0.15, 0.2) is 10.8 Å². The number of nitrogens with zero attached hydrogens (tertiary/aromatic N) is 4. The van der Waals surface area contributed by atoms with E-state index in [0.29, 0.717) is 28.9 Å². The van der Waals surface area contributed by atoms with Crippen LogP contribution in [0.1, 0.15) is 18.9 Å². The molecule has 0 bridgehead atoms. The van der Waals surface area contributed by atoms with Crippen LogP contribution in [0.3, 0.4) is 0 Å². The molecule has 10 heteroatoms. The first-order valence-electron chi connectivity index (χ1n) is 10.3. The zero-order chi connectivity index (χ0) is 22.7. The molecule has 7 nitrogen and oxygen atoms in total. The topological polar surface area (TPSA) is 89.8 Å². The molecular formula is C22H23ClFN7S. The predicted octanol–water partition coefficient (Wildman–Crippen LogP) is 5.03. The average Bonchev–Trinajstić information content (AvgIpc) is 3.24. The van der Waals surface area contributed by atoms with E-state index >= 15 is 0 Å². The predicted molar refractivity (Wildman–Crippen MR) is 130 cm³/mol. The fourth-order valence-electron chi connectivity index (χ4n) is 3.40. The zero-order valence-corrected chi connectivity index (χ0v) is 19.3. The molecule has 0 aliphatic rings. The first kappa shape index (κ1) is 22.3. The van der Waals surface area contributed by atoms with Crippen LogP contribution in [0.4, 0.5) is 15.9 Å². The third kappa shape index (κ3) is 4.64. The van der Waals surface area contributed by atoms with Crippen LogP contribution in [-0.2, 0) is 0 Å². The molecule has 0 saturated heterocycles. The summed E-state index contributed by atoms with van der Waals surface area (Å²) >= 11 is 7.34. The number of amidine groups is 1. The van der Waals surface area contributed by atoms with Gasteiger partial charge in [-0.3, -0.25) is 5.41 Å². The first-order chi connectivity index (χ1) is 15.5. The summed E-state index contributed by atoms with van der Waals surface area (Å²) < 4.78 is 14.4. The second kappa shape index (κ2) is 9.72.